The maximum absolute atomic E-state index is 12.0. The Morgan fingerprint density at radius 3 is 2.06 bits per heavy atom. The molecule has 0 saturated heterocycles. The average molecular weight is 258 g/mol. The molecule has 0 aliphatic heterocycles. The number of hydrogen-bond acceptors (Lipinski definition) is 3. The topological polar surface area (TPSA) is 43.4 Å². The summed E-state index contributed by atoms with van der Waals surface area (Å²) in [4.78, 5) is 0.233. The van der Waals surface area contributed by atoms with E-state index in [9.17, 15) is 8.42 Å². The number of benzene rings is 1. The molecule has 16 heavy (non-hydrogen) atoms. The molecule has 0 unspecified atom stereocenters. The van der Waals surface area contributed by atoms with Gasteiger partial charge in [-0.25, -0.2) is 0 Å². The first-order valence-electron chi connectivity index (χ1n) is 5.26. The van der Waals surface area contributed by atoms with Gasteiger partial charge in [-0.2, -0.15) is 8.42 Å². The highest BCUT2D eigenvalue weighted by atomic mass is 32.2. The van der Waals surface area contributed by atoms with E-state index in [2.05, 4.69) is 0 Å². The molecule has 0 amide bonds. The monoisotopic (exact) mass is 258 g/mol. The normalized spacial score (nSPS) is 13.1. The van der Waals surface area contributed by atoms with E-state index in [0.29, 0.717) is 0 Å². The number of hydrogen-bond donors (Lipinski definition) is 0. The van der Waals surface area contributed by atoms with E-state index in [1.165, 1.54) is 0 Å². The second kappa shape index (κ2) is 4.69. The Hall–Kier alpha value is -0.653. The van der Waals surface area contributed by atoms with Crippen molar-refractivity contribution in [2.45, 2.75) is 37.4 Å². The molecule has 0 spiro atoms. The molecule has 0 radical (unpaired) electrons. The van der Waals surface area contributed by atoms with Crippen LogP contribution in [0.15, 0.2) is 35.2 Å². The summed E-state index contributed by atoms with van der Waals surface area (Å²) in [5.41, 5.74) is 0.256. The van der Waals surface area contributed by atoms with Crippen LogP contribution in [0.5, 0.6) is 0 Å². The largest absolute Gasteiger partial charge is 0.311 e. The Morgan fingerprint density at radius 1 is 1.12 bits per heavy atom. The third-order valence-electron chi connectivity index (χ3n) is 2.75. The lowest BCUT2D eigenvalue weighted by Gasteiger charge is -2.25. The molecule has 5 heteroatoms. The van der Waals surface area contributed by atoms with Crippen LogP contribution < -0.4 is 0 Å². The SMILES string of the molecule is CC(C)[Si](C)(C)OS(=O)(=O)c1ccccc1. The molecule has 0 aliphatic rings. The van der Waals surface area contributed by atoms with Crippen molar-refractivity contribution < 1.29 is 12.3 Å². The summed E-state index contributed by atoms with van der Waals surface area (Å²) in [6, 6.07) is 8.28. The van der Waals surface area contributed by atoms with E-state index in [-0.39, 0.29) is 10.4 Å². The van der Waals surface area contributed by atoms with E-state index < -0.39 is 18.4 Å². The van der Waals surface area contributed by atoms with Crippen LogP contribution in [0.3, 0.4) is 0 Å². The minimum absolute atomic E-state index is 0.233. The smallest absolute Gasteiger partial charge is 0.287 e. The van der Waals surface area contributed by atoms with Gasteiger partial charge in [0.15, 0.2) is 0 Å². The molecule has 0 atom stereocenters. The molecule has 0 aliphatic carbocycles. The van der Waals surface area contributed by atoms with E-state index in [4.69, 9.17) is 3.87 Å². The Kier molecular flexibility index (Phi) is 3.93. The van der Waals surface area contributed by atoms with Crippen molar-refractivity contribution in [3.8, 4) is 0 Å². The summed E-state index contributed by atoms with van der Waals surface area (Å²) in [6.07, 6.45) is 0. The standard InChI is InChI=1S/C11H18O3SSi/c1-10(2)16(3,4)14-15(12,13)11-8-6-5-7-9-11/h5-10H,1-4H3. The third kappa shape index (κ3) is 3.17. The van der Waals surface area contributed by atoms with Crippen molar-refractivity contribution >= 4 is 18.4 Å². The predicted octanol–water partition coefficient (Wildman–Crippen LogP) is 3.01. The summed E-state index contributed by atoms with van der Waals surface area (Å²) in [6.45, 7) is 7.82. The minimum atomic E-state index is -3.60. The van der Waals surface area contributed by atoms with Gasteiger partial charge in [0, 0.05) is 0 Å². The fourth-order valence-electron chi connectivity index (χ4n) is 1.01. The van der Waals surface area contributed by atoms with Gasteiger partial charge in [0.25, 0.3) is 10.1 Å². The lowest BCUT2D eigenvalue weighted by Crippen LogP contribution is -2.36. The summed E-state index contributed by atoms with van der Waals surface area (Å²) < 4.78 is 29.3. The molecule has 3 nitrogen and oxygen atoms in total. The van der Waals surface area contributed by atoms with Gasteiger partial charge in [-0.05, 0) is 30.8 Å². The lowest BCUT2D eigenvalue weighted by molar-refractivity contribution is 0.475. The molecular weight excluding hydrogens is 240 g/mol. The fourth-order valence-corrected chi connectivity index (χ4v) is 4.92. The van der Waals surface area contributed by atoms with Crippen molar-refractivity contribution in [1.82, 2.24) is 0 Å². The first kappa shape index (κ1) is 13.4. The molecule has 0 N–H and O–H groups in total. The molecule has 1 aromatic carbocycles. The predicted molar refractivity (Wildman–Crippen MR) is 67.3 cm³/mol. The van der Waals surface area contributed by atoms with E-state index in [0.717, 1.165) is 0 Å². The first-order chi connectivity index (χ1) is 7.26. The molecular formula is C11H18O3SSi. The van der Waals surface area contributed by atoms with Gasteiger partial charge in [0.05, 0.1) is 4.90 Å². The van der Waals surface area contributed by atoms with Gasteiger partial charge in [0.2, 0.25) is 8.32 Å². The van der Waals surface area contributed by atoms with Crippen molar-refractivity contribution in [1.29, 1.82) is 0 Å². The Bertz CT molecular complexity index is 438. The highest BCUT2D eigenvalue weighted by molar-refractivity contribution is 7.87. The maximum Gasteiger partial charge on any atom is 0.287 e. The van der Waals surface area contributed by atoms with Gasteiger partial charge in [-0.15, -0.1) is 0 Å². The minimum Gasteiger partial charge on any atom is -0.311 e. The molecule has 0 heterocycles. The van der Waals surface area contributed by atoms with Crippen LogP contribution in [0.1, 0.15) is 13.8 Å². The molecule has 0 aromatic heterocycles. The van der Waals surface area contributed by atoms with Crippen LogP contribution in [0.4, 0.5) is 0 Å². The fraction of sp³-hybridized carbons (Fsp3) is 0.455. The van der Waals surface area contributed by atoms with Crippen LogP contribution in [-0.4, -0.2) is 16.7 Å². The van der Waals surface area contributed by atoms with Crippen molar-refractivity contribution in [3.05, 3.63) is 30.3 Å². The molecule has 1 rings (SSSR count). The lowest BCUT2D eigenvalue weighted by atomic mass is 10.4. The third-order valence-corrected chi connectivity index (χ3v) is 8.97. The zero-order chi connectivity index (χ0) is 12.4. The first-order valence-corrected chi connectivity index (χ1v) is 9.66. The second-order valence-electron chi connectivity index (χ2n) is 4.61. The van der Waals surface area contributed by atoms with Crippen LogP contribution >= 0.6 is 0 Å². The molecule has 0 saturated carbocycles. The van der Waals surface area contributed by atoms with Crippen LogP contribution in [0, 0.1) is 0 Å². The average Bonchev–Trinajstić information content (AvgIpc) is 2.17. The maximum atomic E-state index is 12.0. The second-order valence-corrected chi connectivity index (χ2v) is 11.0. The molecule has 0 fully saturated rings. The van der Waals surface area contributed by atoms with Gasteiger partial charge in [-0.1, -0.05) is 32.0 Å². The summed E-state index contributed by atoms with van der Waals surface area (Å²) in [5, 5.41) is 0. The summed E-state index contributed by atoms with van der Waals surface area (Å²) >= 11 is 0. The van der Waals surface area contributed by atoms with Crippen LogP contribution in [0.25, 0.3) is 0 Å². The summed E-state index contributed by atoms with van der Waals surface area (Å²) in [5.74, 6) is 0. The van der Waals surface area contributed by atoms with E-state index in [1.807, 2.05) is 26.9 Å². The van der Waals surface area contributed by atoms with E-state index in [1.54, 1.807) is 30.3 Å². The highest BCUT2D eigenvalue weighted by Crippen LogP contribution is 2.26. The van der Waals surface area contributed by atoms with Gasteiger partial charge < -0.3 is 3.87 Å². The number of rotatable bonds is 4. The van der Waals surface area contributed by atoms with E-state index >= 15 is 0 Å². The Labute approximate surface area is 98.7 Å². The highest BCUT2D eigenvalue weighted by Gasteiger charge is 2.33. The van der Waals surface area contributed by atoms with Crippen LogP contribution in [-0.2, 0) is 14.0 Å². The molecule has 1 aromatic rings. The van der Waals surface area contributed by atoms with Gasteiger partial charge in [-0.3, -0.25) is 0 Å². The van der Waals surface area contributed by atoms with Gasteiger partial charge >= 0.3 is 0 Å². The Balaban J connectivity index is 2.98. The zero-order valence-corrected chi connectivity index (χ0v) is 11.9. The van der Waals surface area contributed by atoms with Crippen molar-refractivity contribution in [3.63, 3.8) is 0 Å². The molecule has 90 valence electrons. The van der Waals surface area contributed by atoms with Crippen molar-refractivity contribution in [2.75, 3.05) is 0 Å². The van der Waals surface area contributed by atoms with Crippen LogP contribution in [0.2, 0.25) is 18.6 Å². The zero-order valence-electron chi connectivity index (χ0n) is 10.1. The quantitative estimate of drug-likeness (QED) is 0.780. The molecule has 0 bridgehead atoms. The van der Waals surface area contributed by atoms with Crippen molar-refractivity contribution in [2.24, 2.45) is 0 Å². The Morgan fingerprint density at radius 2 is 1.62 bits per heavy atom. The van der Waals surface area contributed by atoms with Gasteiger partial charge in [0.1, 0.15) is 0 Å². The summed E-state index contributed by atoms with van der Waals surface area (Å²) in [7, 11) is -5.79.